The van der Waals surface area contributed by atoms with Gasteiger partial charge < -0.3 is 9.47 Å². The first-order valence-electron chi connectivity index (χ1n) is 5.70. The summed E-state index contributed by atoms with van der Waals surface area (Å²) in [5.74, 6) is 1.93. The molecule has 0 aliphatic heterocycles. The molecule has 0 aliphatic carbocycles. The highest BCUT2D eigenvalue weighted by Crippen LogP contribution is 2.29. The second kappa shape index (κ2) is 6.33. The smallest absolute Gasteiger partial charge is 0.126 e. The number of hydrogen-bond donors (Lipinski definition) is 0. The van der Waals surface area contributed by atoms with Crippen molar-refractivity contribution >= 4 is 0 Å². The quantitative estimate of drug-likeness (QED) is 0.713. The van der Waals surface area contributed by atoms with E-state index in [1.165, 1.54) is 5.56 Å². The lowest BCUT2D eigenvalue weighted by Crippen LogP contribution is -2.01. The minimum atomic E-state index is 0.701. The fourth-order valence-corrected chi connectivity index (χ4v) is 1.62. The van der Waals surface area contributed by atoms with Gasteiger partial charge in [0, 0.05) is 5.56 Å². The Morgan fingerprint density at radius 1 is 0.933 bits per heavy atom. The van der Waals surface area contributed by atoms with Gasteiger partial charge in [-0.1, -0.05) is 19.4 Å². The third-order valence-electron chi connectivity index (χ3n) is 2.19. The van der Waals surface area contributed by atoms with E-state index >= 15 is 0 Å². The molecule has 0 amide bonds. The van der Waals surface area contributed by atoms with Crippen LogP contribution in [0.15, 0.2) is 18.2 Å². The molecule has 0 spiro atoms. The summed E-state index contributed by atoms with van der Waals surface area (Å²) in [6, 6.07) is 6.00. The summed E-state index contributed by atoms with van der Waals surface area (Å²) in [4.78, 5) is 0. The van der Waals surface area contributed by atoms with E-state index in [9.17, 15) is 0 Å². The Morgan fingerprint density at radius 3 is 1.87 bits per heavy atom. The summed E-state index contributed by atoms with van der Waals surface area (Å²) >= 11 is 0. The van der Waals surface area contributed by atoms with Crippen molar-refractivity contribution in [1.82, 2.24) is 0 Å². The van der Waals surface area contributed by atoms with E-state index in [4.69, 9.17) is 9.47 Å². The van der Waals surface area contributed by atoms with Crippen LogP contribution in [0.4, 0.5) is 0 Å². The number of ether oxygens (including phenoxy) is 2. The fourth-order valence-electron chi connectivity index (χ4n) is 1.62. The van der Waals surface area contributed by atoms with E-state index in [0.717, 1.165) is 24.3 Å². The van der Waals surface area contributed by atoms with Gasteiger partial charge in [-0.15, -0.1) is 0 Å². The van der Waals surface area contributed by atoms with Crippen molar-refractivity contribution < 1.29 is 9.47 Å². The minimum Gasteiger partial charge on any atom is -0.493 e. The molecule has 0 unspecified atom stereocenters. The minimum absolute atomic E-state index is 0.701. The highest BCUT2D eigenvalue weighted by atomic mass is 16.5. The predicted molar refractivity (Wildman–Crippen MR) is 62.8 cm³/mol. The Balaban J connectivity index is 2.97. The average molecular weight is 208 g/mol. The first-order valence-corrected chi connectivity index (χ1v) is 5.70. The van der Waals surface area contributed by atoms with E-state index in [2.05, 4.69) is 6.92 Å². The third kappa shape index (κ3) is 3.15. The van der Waals surface area contributed by atoms with E-state index in [-0.39, 0.29) is 0 Å². The number of hydrogen-bond acceptors (Lipinski definition) is 2. The van der Waals surface area contributed by atoms with Gasteiger partial charge in [-0.2, -0.15) is 0 Å². The predicted octanol–water partition coefficient (Wildman–Crippen LogP) is 3.44. The molecule has 1 rings (SSSR count). The maximum atomic E-state index is 5.60. The first kappa shape index (κ1) is 11.9. The van der Waals surface area contributed by atoms with Crippen LogP contribution >= 0.6 is 0 Å². The summed E-state index contributed by atoms with van der Waals surface area (Å²) in [5, 5.41) is 0. The molecule has 0 saturated carbocycles. The second-order valence-electron chi connectivity index (χ2n) is 3.35. The molecule has 2 nitrogen and oxygen atoms in total. The zero-order chi connectivity index (χ0) is 11.1. The van der Waals surface area contributed by atoms with Crippen LogP contribution in [0.2, 0.25) is 0 Å². The van der Waals surface area contributed by atoms with Gasteiger partial charge in [0.1, 0.15) is 11.5 Å². The van der Waals surface area contributed by atoms with Gasteiger partial charge in [-0.25, -0.2) is 0 Å². The lowest BCUT2D eigenvalue weighted by Gasteiger charge is -2.14. The van der Waals surface area contributed by atoms with Gasteiger partial charge in [0.15, 0.2) is 0 Å². The van der Waals surface area contributed by atoms with Crippen LogP contribution in [0.25, 0.3) is 0 Å². The summed E-state index contributed by atoms with van der Waals surface area (Å²) in [6.07, 6.45) is 2.11. The van der Waals surface area contributed by atoms with E-state index < -0.39 is 0 Å². The molecule has 0 aliphatic rings. The highest BCUT2D eigenvalue weighted by Gasteiger charge is 2.08. The summed E-state index contributed by atoms with van der Waals surface area (Å²) < 4.78 is 11.2. The number of rotatable bonds is 6. The van der Waals surface area contributed by atoms with Crippen LogP contribution in [-0.4, -0.2) is 13.2 Å². The zero-order valence-corrected chi connectivity index (χ0v) is 9.88. The Morgan fingerprint density at radius 2 is 1.47 bits per heavy atom. The molecule has 0 heterocycles. The molecule has 0 aromatic heterocycles. The van der Waals surface area contributed by atoms with Crippen LogP contribution in [0, 0.1) is 0 Å². The molecule has 0 saturated heterocycles. The topological polar surface area (TPSA) is 18.5 Å². The Hall–Kier alpha value is -1.18. The van der Waals surface area contributed by atoms with Crippen LogP contribution < -0.4 is 9.47 Å². The van der Waals surface area contributed by atoms with Crippen molar-refractivity contribution in [3.05, 3.63) is 23.8 Å². The first-order chi connectivity index (χ1) is 7.33. The van der Waals surface area contributed by atoms with Gasteiger partial charge in [0.05, 0.1) is 13.2 Å². The van der Waals surface area contributed by atoms with E-state index in [1.54, 1.807) is 0 Å². The molecule has 1 aromatic carbocycles. The molecular formula is C13H20O2. The second-order valence-corrected chi connectivity index (χ2v) is 3.35. The molecule has 2 heteroatoms. The fraction of sp³-hybridized carbons (Fsp3) is 0.538. The maximum absolute atomic E-state index is 5.60. The van der Waals surface area contributed by atoms with Crippen molar-refractivity contribution in [2.45, 2.75) is 33.6 Å². The molecule has 0 atom stereocenters. The monoisotopic (exact) mass is 208 g/mol. The van der Waals surface area contributed by atoms with E-state index in [1.807, 2.05) is 32.0 Å². The van der Waals surface area contributed by atoms with Crippen molar-refractivity contribution in [3.8, 4) is 11.5 Å². The van der Waals surface area contributed by atoms with Gasteiger partial charge >= 0.3 is 0 Å². The molecule has 15 heavy (non-hydrogen) atoms. The molecule has 0 fully saturated rings. The van der Waals surface area contributed by atoms with Crippen LogP contribution in [-0.2, 0) is 6.42 Å². The van der Waals surface area contributed by atoms with Crippen molar-refractivity contribution in [2.24, 2.45) is 0 Å². The summed E-state index contributed by atoms with van der Waals surface area (Å²) in [5.41, 5.74) is 1.20. The van der Waals surface area contributed by atoms with Gasteiger partial charge in [-0.05, 0) is 32.4 Å². The van der Waals surface area contributed by atoms with Crippen molar-refractivity contribution in [3.63, 3.8) is 0 Å². The lowest BCUT2D eigenvalue weighted by molar-refractivity contribution is 0.316. The third-order valence-corrected chi connectivity index (χ3v) is 2.19. The van der Waals surface area contributed by atoms with Gasteiger partial charge in [-0.3, -0.25) is 0 Å². The zero-order valence-electron chi connectivity index (χ0n) is 9.88. The molecule has 0 N–H and O–H groups in total. The highest BCUT2D eigenvalue weighted by molar-refractivity contribution is 5.44. The standard InChI is InChI=1S/C13H20O2/c1-4-8-11-12(14-5-2)9-7-10-13(11)15-6-3/h7,9-10H,4-6,8H2,1-3H3. The Bertz CT molecular complexity index is 270. The SMILES string of the molecule is CCCc1c(OCC)cccc1OCC. The van der Waals surface area contributed by atoms with Crippen LogP contribution in [0.3, 0.4) is 0 Å². The summed E-state index contributed by atoms with van der Waals surface area (Å²) in [6.45, 7) is 7.57. The summed E-state index contributed by atoms with van der Waals surface area (Å²) in [7, 11) is 0. The molecule has 0 radical (unpaired) electrons. The molecular weight excluding hydrogens is 188 g/mol. The van der Waals surface area contributed by atoms with Crippen molar-refractivity contribution in [1.29, 1.82) is 0 Å². The van der Waals surface area contributed by atoms with E-state index in [0.29, 0.717) is 13.2 Å². The molecule has 1 aromatic rings. The Kier molecular flexibility index (Phi) is 5.02. The normalized spacial score (nSPS) is 10.1. The lowest BCUT2D eigenvalue weighted by atomic mass is 10.1. The van der Waals surface area contributed by atoms with Crippen LogP contribution in [0.1, 0.15) is 32.8 Å². The van der Waals surface area contributed by atoms with Gasteiger partial charge in [0.25, 0.3) is 0 Å². The molecule has 84 valence electrons. The van der Waals surface area contributed by atoms with Gasteiger partial charge in [0.2, 0.25) is 0 Å². The molecule has 0 bridgehead atoms. The maximum Gasteiger partial charge on any atom is 0.126 e. The number of benzene rings is 1. The largest absolute Gasteiger partial charge is 0.493 e. The Labute approximate surface area is 92.2 Å². The van der Waals surface area contributed by atoms with Crippen molar-refractivity contribution in [2.75, 3.05) is 13.2 Å². The van der Waals surface area contributed by atoms with Crippen LogP contribution in [0.5, 0.6) is 11.5 Å². The average Bonchev–Trinajstić information content (AvgIpc) is 2.23.